The summed E-state index contributed by atoms with van der Waals surface area (Å²) in [5, 5.41) is 29.1. The van der Waals surface area contributed by atoms with Crippen LogP contribution in [-0.2, 0) is 4.79 Å². The fraction of sp³-hybridized carbons (Fsp3) is 0.562. The van der Waals surface area contributed by atoms with Gasteiger partial charge < -0.3 is 26.0 Å². The Morgan fingerprint density at radius 3 is 2.62 bits per heavy atom. The lowest BCUT2D eigenvalue weighted by Gasteiger charge is -2.40. The van der Waals surface area contributed by atoms with Gasteiger partial charge in [0.25, 0.3) is 5.91 Å². The van der Waals surface area contributed by atoms with Crippen LogP contribution in [0.3, 0.4) is 0 Å². The first kappa shape index (κ1) is 19.3. The number of aromatic hydroxyl groups is 1. The molecule has 1 saturated heterocycles. The van der Waals surface area contributed by atoms with Crippen molar-refractivity contribution in [2.24, 2.45) is 11.7 Å². The van der Waals surface area contributed by atoms with Crippen LogP contribution < -0.4 is 5.73 Å². The number of phenols is 1. The quantitative estimate of drug-likeness (QED) is 0.639. The first-order chi connectivity index (χ1) is 11.3. The van der Waals surface area contributed by atoms with Crippen LogP contribution in [0.4, 0.5) is 0 Å². The van der Waals surface area contributed by atoms with Gasteiger partial charge in [0.05, 0.1) is 16.7 Å². The monoisotopic (exact) mass is 376 g/mol. The lowest BCUT2D eigenvalue weighted by Crippen LogP contribution is -2.50. The maximum atomic E-state index is 12.0. The molecule has 1 fully saturated rings. The zero-order chi connectivity index (χ0) is 18.0. The third-order valence-electron chi connectivity index (χ3n) is 4.59. The Bertz CT molecular complexity index is 614. The van der Waals surface area contributed by atoms with E-state index in [0.717, 1.165) is 0 Å². The minimum absolute atomic E-state index is 0.00115. The molecule has 0 radical (unpaired) electrons. The number of rotatable bonds is 4. The van der Waals surface area contributed by atoms with Crippen molar-refractivity contribution in [2.75, 3.05) is 13.2 Å². The third kappa shape index (κ3) is 3.95. The second kappa shape index (κ2) is 7.89. The zero-order valence-electron chi connectivity index (χ0n) is 13.3. The normalized spacial score (nSPS) is 23.8. The molecule has 134 valence electrons. The second-order valence-corrected chi connectivity index (χ2v) is 7.03. The average Bonchev–Trinajstić information content (AvgIpc) is 2.56. The van der Waals surface area contributed by atoms with Crippen molar-refractivity contribution in [3.05, 3.63) is 27.7 Å². The summed E-state index contributed by atoms with van der Waals surface area (Å²) < 4.78 is 0. The van der Waals surface area contributed by atoms with E-state index >= 15 is 0 Å². The van der Waals surface area contributed by atoms with E-state index in [1.54, 1.807) is 11.0 Å². The molecule has 1 amide bonds. The van der Waals surface area contributed by atoms with Crippen molar-refractivity contribution in [2.45, 2.75) is 38.0 Å². The number of halogens is 2. The Morgan fingerprint density at radius 1 is 1.42 bits per heavy atom. The summed E-state index contributed by atoms with van der Waals surface area (Å²) in [5.74, 6) is -0.438. The smallest absolute Gasteiger partial charge is 0.254 e. The molecule has 5 N–H and O–H groups in total. The maximum absolute atomic E-state index is 12.0. The zero-order valence-corrected chi connectivity index (χ0v) is 14.8. The fourth-order valence-corrected chi connectivity index (χ4v) is 3.53. The number of nitrogens with zero attached hydrogens (tertiary/aromatic N) is 1. The summed E-state index contributed by atoms with van der Waals surface area (Å²) in [6.45, 7) is 1.70. The van der Waals surface area contributed by atoms with Gasteiger partial charge in [0.2, 0.25) is 0 Å². The highest BCUT2D eigenvalue weighted by molar-refractivity contribution is 6.42. The molecule has 0 bridgehead atoms. The molecule has 8 heteroatoms. The molecule has 1 aromatic carbocycles. The standard InChI is InChI=1S/C16H22Cl2N2O4/c1-8-4-9(2-3-20(8)16(24)14(23)7-21)15(19)10-5-11(17)12(18)6-13(10)22/h5-6,8-9,14-15,21-23H,2-4,7,19H2,1H3/t8-,9?,14-,15-/m1/s1. The first-order valence-corrected chi connectivity index (χ1v) is 8.54. The van der Waals surface area contributed by atoms with E-state index in [9.17, 15) is 15.0 Å². The summed E-state index contributed by atoms with van der Waals surface area (Å²) in [5.41, 5.74) is 6.83. The molecule has 0 spiro atoms. The Kier molecular flexibility index (Phi) is 6.33. The Balaban J connectivity index is 2.10. The number of hydrogen-bond donors (Lipinski definition) is 4. The molecule has 0 aromatic heterocycles. The van der Waals surface area contributed by atoms with Gasteiger partial charge in [-0.25, -0.2) is 0 Å². The molecule has 1 aliphatic heterocycles. The molecular formula is C16H22Cl2N2O4. The van der Waals surface area contributed by atoms with Crippen LogP contribution >= 0.6 is 23.2 Å². The third-order valence-corrected chi connectivity index (χ3v) is 5.32. The molecule has 1 heterocycles. The van der Waals surface area contributed by atoms with Crippen molar-refractivity contribution < 1.29 is 20.1 Å². The van der Waals surface area contributed by atoms with Crippen LogP contribution in [0.5, 0.6) is 5.75 Å². The predicted molar refractivity (Wildman–Crippen MR) is 92.0 cm³/mol. The van der Waals surface area contributed by atoms with Crippen molar-refractivity contribution >= 4 is 29.1 Å². The van der Waals surface area contributed by atoms with E-state index in [-0.39, 0.29) is 22.7 Å². The lowest BCUT2D eigenvalue weighted by atomic mass is 9.82. The molecule has 1 aromatic rings. The molecule has 6 nitrogen and oxygen atoms in total. The highest BCUT2D eigenvalue weighted by Crippen LogP contribution is 2.38. The molecule has 4 atom stereocenters. The van der Waals surface area contributed by atoms with E-state index in [1.165, 1.54) is 6.07 Å². The van der Waals surface area contributed by atoms with Crippen LogP contribution in [0.15, 0.2) is 12.1 Å². The Labute approximate surface area is 150 Å². The maximum Gasteiger partial charge on any atom is 0.254 e. The van der Waals surface area contributed by atoms with Crippen molar-refractivity contribution in [3.63, 3.8) is 0 Å². The number of hydrogen-bond acceptors (Lipinski definition) is 5. The van der Waals surface area contributed by atoms with Crippen LogP contribution in [0.1, 0.15) is 31.4 Å². The molecule has 2 rings (SSSR count). The molecule has 0 saturated carbocycles. The van der Waals surface area contributed by atoms with Crippen molar-refractivity contribution in [3.8, 4) is 5.75 Å². The van der Waals surface area contributed by atoms with Crippen molar-refractivity contribution in [1.82, 2.24) is 4.90 Å². The molecule has 0 aliphatic carbocycles. The van der Waals surface area contributed by atoms with Crippen LogP contribution in [-0.4, -0.2) is 51.4 Å². The topological polar surface area (TPSA) is 107 Å². The number of likely N-dealkylation sites (tertiary alicyclic amines) is 1. The number of amides is 1. The van der Waals surface area contributed by atoms with E-state index in [0.29, 0.717) is 30.0 Å². The van der Waals surface area contributed by atoms with E-state index < -0.39 is 24.7 Å². The van der Waals surface area contributed by atoms with Gasteiger partial charge in [-0.05, 0) is 31.7 Å². The lowest BCUT2D eigenvalue weighted by molar-refractivity contribution is -0.146. The van der Waals surface area contributed by atoms with Gasteiger partial charge >= 0.3 is 0 Å². The van der Waals surface area contributed by atoms with Gasteiger partial charge in [0.1, 0.15) is 5.75 Å². The number of nitrogens with two attached hydrogens (primary N) is 1. The van der Waals surface area contributed by atoms with Crippen LogP contribution in [0.2, 0.25) is 10.0 Å². The fourth-order valence-electron chi connectivity index (χ4n) is 3.20. The van der Waals surface area contributed by atoms with Gasteiger partial charge in [0, 0.05) is 30.3 Å². The van der Waals surface area contributed by atoms with Gasteiger partial charge in [0.15, 0.2) is 6.10 Å². The number of aliphatic hydroxyl groups is 2. The van der Waals surface area contributed by atoms with E-state index in [1.807, 2.05) is 6.92 Å². The number of phenolic OH excluding ortho intramolecular Hbond substituents is 1. The van der Waals surface area contributed by atoms with Gasteiger partial charge in [-0.3, -0.25) is 4.79 Å². The second-order valence-electron chi connectivity index (χ2n) is 6.21. The first-order valence-electron chi connectivity index (χ1n) is 7.79. The SMILES string of the molecule is C[C@@H]1CC([C@@H](N)c2cc(Cl)c(Cl)cc2O)CCN1C(=O)[C@H](O)CO. The predicted octanol–water partition coefficient (Wildman–Crippen LogP) is 1.68. The minimum atomic E-state index is -1.39. The summed E-state index contributed by atoms with van der Waals surface area (Å²) >= 11 is 11.9. The average molecular weight is 377 g/mol. The van der Waals surface area contributed by atoms with Gasteiger partial charge in [-0.1, -0.05) is 23.2 Å². The van der Waals surface area contributed by atoms with Crippen molar-refractivity contribution in [1.29, 1.82) is 0 Å². The summed E-state index contributed by atoms with van der Waals surface area (Å²) in [4.78, 5) is 13.6. The van der Waals surface area contributed by atoms with Crippen LogP contribution in [0.25, 0.3) is 0 Å². The van der Waals surface area contributed by atoms with E-state index in [2.05, 4.69) is 0 Å². The molecule has 1 aliphatic rings. The molecular weight excluding hydrogens is 355 g/mol. The number of carbonyl (C=O) groups excluding carboxylic acids is 1. The summed E-state index contributed by atoms with van der Waals surface area (Å²) in [7, 11) is 0. The summed E-state index contributed by atoms with van der Waals surface area (Å²) in [6, 6.07) is 2.37. The Morgan fingerprint density at radius 2 is 2.04 bits per heavy atom. The van der Waals surface area contributed by atoms with Gasteiger partial charge in [-0.15, -0.1) is 0 Å². The number of carbonyl (C=O) groups is 1. The van der Waals surface area contributed by atoms with E-state index in [4.69, 9.17) is 34.0 Å². The largest absolute Gasteiger partial charge is 0.508 e. The molecule has 1 unspecified atom stereocenters. The van der Waals surface area contributed by atoms with Gasteiger partial charge in [-0.2, -0.15) is 0 Å². The number of aliphatic hydroxyl groups excluding tert-OH is 2. The summed E-state index contributed by atoms with van der Waals surface area (Å²) in [6.07, 6.45) is -0.156. The number of benzene rings is 1. The molecule has 24 heavy (non-hydrogen) atoms. The highest BCUT2D eigenvalue weighted by atomic mass is 35.5. The Hall–Kier alpha value is -1.05. The number of piperidine rings is 1. The highest BCUT2D eigenvalue weighted by Gasteiger charge is 2.35. The minimum Gasteiger partial charge on any atom is -0.508 e. The van der Waals surface area contributed by atoms with Crippen LogP contribution in [0, 0.1) is 5.92 Å².